The first-order valence-corrected chi connectivity index (χ1v) is 6.72. The van der Waals surface area contributed by atoms with Gasteiger partial charge in [0, 0.05) is 6.08 Å². The molecule has 0 spiro atoms. The van der Waals surface area contributed by atoms with E-state index >= 15 is 0 Å². The zero-order valence-electron chi connectivity index (χ0n) is 11.6. The fraction of sp³-hybridized carbons (Fsp3) is 0.167. The van der Waals surface area contributed by atoms with Gasteiger partial charge in [-0.3, -0.25) is 0 Å². The van der Waals surface area contributed by atoms with Crippen molar-refractivity contribution in [3.63, 3.8) is 0 Å². The monoisotopic (exact) mass is 266 g/mol. The molecule has 0 aliphatic rings. The second kappa shape index (κ2) is 6.71. The Kier molecular flexibility index (Phi) is 4.72. The molecule has 0 atom stereocenters. The predicted octanol–water partition coefficient (Wildman–Crippen LogP) is 3.93. The second-order valence-electron chi connectivity index (χ2n) is 4.62. The lowest BCUT2D eigenvalue weighted by molar-refractivity contribution is -0.128. The molecule has 102 valence electrons. The first-order valence-electron chi connectivity index (χ1n) is 6.72. The third-order valence-electron chi connectivity index (χ3n) is 3.15. The van der Waals surface area contributed by atoms with Gasteiger partial charge < -0.3 is 4.74 Å². The SMILES string of the molecule is C=CC(=O)Oc1ccc(Cc2ccc(CC)cc2)cc1. The number of rotatable bonds is 5. The van der Waals surface area contributed by atoms with E-state index < -0.39 is 5.97 Å². The lowest BCUT2D eigenvalue weighted by Gasteiger charge is -2.05. The fourth-order valence-electron chi connectivity index (χ4n) is 1.96. The van der Waals surface area contributed by atoms with E-state index in [1.54, 1.807) is 12.1 Å². The highest BCUT2D eigenvalue weighted by molar-refractivity contribution is 5.83. The number of carbonyl (C=O) groups excluding carboxylic acids is 1. The molecular formula is C18H18O2. The van der Waals surface area contributed by atoms with Gasteiger partial charge in [-0.25, -0.2) is 4.79 Å². The van der Waals surface area contributed by atoms with Gasteiger partial charge in [0.2, 0.25) is 0 Å². The van der Waals surface area contributed by atoms with Gasteiger partial charge in [0.15, 0.2) is 0 Å². The Hall–Kier alpha value is -2.35. The summed E-state index contributed by atoms with van der Waals surface area (Å²) in [5, 5.41) is 0. The zero-order chi connectivity index (χ0) is 14.4. The van der Waals surface area contributed by atoms with Crippen LogP contribution in [0.2, 0.25) is 0 Å². The van der Waals surface area contributed by atoms with Crippen molar-refractivity contribution in [1.29, 1.82) is 0 Å². The molecule has 2 aromatic rings. The molecule has 0 saturated heterocycles. The van der Waals surface area contributed by atoms with Crippen molar-refractivity contribution in [2.24, 2.45) is 0 Å². The van der Waals surface area contributed by atoms with Gasteiger partial charge in [-0.15, -0.1) is 0 Å². The molecule has 2 rings (SSSR count). The highest BCUT2D eigenvalue weighted by Gasteiger charge is 2.01. The maximum absolute atomic E-state index is 11.1. The molecule has 0 bridgehead atoms. The summed E-state index contributed by atoms with van der Waals surface area (Å²) in [6, 6.07) is 16.2. The Bertz CT molecular complexity index is 580. The van der Waals surface area contributed by atoms with Crippen molar-refractivity contribution >= 4 is 5.97 Å². The molecule has 0 heterocycles. The van der Waals surface area contributed by atoms with E-state index in [-0.39, 0.29) is 0 Å². The number of carbonyl (C=O) groups is 1. The summed E-state index contributed by atoms with van der Waals surface area (Å²) in [6.07, 6.45) is 3.09. The van der Waals surface area contributed by atoms with E-state index in [2.05, 4.69) is 37.8 Å². The topological polar surface area (TPSA) is 26.3 Å². The van der Waals surface area contributed by atoms with Crippen LogP contribution in [-0.4, -0.2) is 5.97 Å². The van der Waals surface area contributed by atoms with Crippen molar-refractivity contribution in [3.8, 4) is 5.75 Å². The zero-order valence-corrected chi connectivity index (χ0v) is 11.6. The van der Waals surface area contributed by atoms with Gasteiger partial charge in [0.25, 0.3) is 0 Å². The van der Waals surface area contributed by atoms with Crippen molar-refractivity contribution in [2.75, 3.05) is 0 Å². The number of ether oxygens (including phenoxy) is 1. The minimum Gasteiger partial charge on any atom is -0.423 e. The van der Waals surface area contributed by atoms with Crippen molar-refractivity contribution in [3.05, 3.63) is 77.9 Å². The molecule has 0 aliphatic carbocycles. The fourth-order valence-corrected chi connectivity index (χ4v) is 1.96. The van der Waals surface area contributed by atoms with Crippen LogP contribution >= 0.6 is 0 Å². The highest BCUT2D eigenvalue weighted by Crippen LogP contribution is 2.16. The van der Waals surface area contributed by atoms with E-state index in [0.29, 0.717) is 5.75 Å². The molecule has 0 aliphatic heterocycles. The van der Waals surface area contributed by atoms with Crippen LogP contribution in [0, 0.1) is 0 Å². The first-order chi connectivity index (χ1) is 9.71. The van der Waals surface area contributed by atoms with Crippen LogP contribution < -0.4 is 4.74 Å². The largest absolute Gasteiger partial charge is 0.423 e. The average Bonchev–Trinajstić information content (AvgIpc) is 2.50. The van der Waals surface area contributed by atoms with Crippen LogP contribution in [-0.2, 0) is 17.6 Å². The normalized spacial score (nSPS) is 10.1. The maximum atomic E-state index is 11.1. The standard InChI is InChI=1S/C18H18O2/c1-3-14-5-7-15(8-6-14)13-16-9-11-17(12-10-16)20-18(19)4-2/h4-12H,2-3,13H2,1H3. The van der Waals surface area contributed by atoms with E-state index in [4.69, 9.17) is 4.74 Å². The van der Waals surface area contributed by atoms with Crippen LogP contribution in [0.15, 0.2) is 61.2 Å². The van der Waals surface area contributed by atoms with Gasteiger partial charge >= 0.3 is 5.97 Å². The summed E-state index contributed by atoms with van der Waals surface area (Å²) in [6.45, 7) is 5.52. The molecule has 0 amide bonds. The summed E-state index contributed by atoms with van der Waals surface area (Å²) >= 11 is 0. The smallest absolute Gasteiger partial charge is 0.335 e. The van der Waals surface area contributed by atoms with Gasteiger partial charge in [-0.1, -0.05) is 49.9 Å². The number of benzene rings is 2. The van der Waals surface area contributed by atoms with Gasteiger partial charge in [0.1, 0.15) is 5.75 Å². The molecule has 0 aromatic heterocycles. The second-order valence-corrected chi connectivity index (χ2v) is 4.62. The quantitative estimate of drug-likeness (QED) is 0.465. The van der Waals surface area contributed by atoms with Crippen LogP contribution in [0.5, 0.6) is 5.75 Å². The predicted molar refractivity (Wildman–Crippen MR) is 80.9 cm³/mol. The molecule has 2 nitrogen and oxygen atoms in total. The number of hydrogen-bond donors (Lipinski definition) is 0. The van der Waals surface area contributed by atoms with Crippen molar-refractivity contribution < 1.29 is 9.53 Å². The number of hydrogen-bond acceptors (Lipinski definition) is 2. The van der Waals surface area contributed by atoms with E-state index in [1.807, 2.05) is 12.1 Å². The third-order valence-corrected chi connectivity index (χ3v) is 3.15. The third kappa shape index (κ3) is 3.82. The number of aryl methyl sites for hydroxylation is 1. The van der Waals surface area contributed by atoms with E-state index in [0.717, 1.165) is 18.9 Å². The minimum absolute atomic E-state index is 0.437. The van der Waals surface area contributed by atoms with E-state index in [1.165, 1.54) is 16.7 Å². The summed E-state index contributed by atoms with van der Waals surface area (Å²) in [4.78, 5) is 11.1. The van der Waals surface area contributed by atoms with Crippen molar-refractivity contribution in [2.45, 2.75) is 19.8 Å². The Labute approximate surface area is 119 Å². The summed E-state index contributed by atoms with van der Waals surface area (Å²) < 4.78 is 5.04. The Morgan fingerprint density at radius 1 is 1.00 bits per heavy atom. The molecule has 0 radical (unpaired) electrons. The first kappa shape index (κ1) is 14.1. The van der Waals surface area contributed by atoms with Crippen molar-refractivity contribution in [1.82, 2.24) is 0 Å². The Morgan fingerprint density at radius 3 is 2.00 bits per heavy atom. The van der Waals surface area contributed by atoms with Gasteiger partial charge in [-0.05, 0) is 41.7 Å². The molecule has 20 heavy (non-hydrogen) atoms. The molecule has 2 aromatic carbocycles. The van der Waals surface area contributed by atoms with E-state index in [9.17, 15) is 4.79 Å². The lowest BCUT2D eigenvalue weighted by Crippen LogP contribution is -2.02. The Balaban J connectivity index is 2.02. The summed E-state index contributed by atoms with van der Waals surface area (Å²) in [7, 11) is 0. The molecule has 2 heteroatoms. The molecule has 0 N–H and O–H groups in total. The lowest BCUT2D eigenvalue weighted by atomic mass is 10.0. The highest BCUT2D eigenvalue weighted by atomic mass is 16.5. The minimum atomic E-state index is -0.437. The maximum Gasteiger partial charge on any atom is 0.335 e. The van der Waals surface area contributed by atoms with Crippen LogP contribution in [0.25, 0.3) is 0 Å². The summed E-state index contributed by atoms with van der Waals surface area (Å²) in [5.41, 5.74) is 3.81. The Morgan fingerprint density at radius 2 is 1.50 bits per heavy atom. The molecule has 0 unspecified atom stereocenters. The van der Waals surface area contributed by atoms with Gasteiger partial charge in [0.05, 0.1) is 0 Å². The molecule has 0 fully saturated rings. The van der Waals surface area contributed by atoms with Crippen LogP contribution in [0.1, 0.15) is 23.6 Å². The average molecular weight is 266 g/mol. The summed E-state index contributed by atoms with van der Waals surface area (Å²) in [5.74, 6) is 0.105. The number of esters is 1. The van der Waals surface area contributed by atoms with Crippen LogP contribution in [0.3, 0.4) is 0 Å². The molecular weight excluding hydrogens is 248 g/mol. The van der Waals surface area contributed by atoms with Gasteiger partial charge in [-0.2, -0.15) is 0 Å². The van der Waals surface area contributed by atoms with Crippen LogP contribution in [0.4, 0.5) is 0 Å². The molecule has 0 saturated carbocycles.